The number of carbonyl (C=O) groups excluding carboxylic acids is 1. The Bertz CT molecular complexity index is 985. The molecule has 0 aliphatic heterocycles. The normalized spacial score (nSPS) is 11.3. The van der Waals surface area contributed by atoms with Crippen molar-refractivity contribution < 1.29 is 13.2 Å². The molecule has 0 aromatic heterocycles. The lowest BCUT2D eigenvalue weighted by atomic mass is 10.1. The van der Waals surface area contributed by atoms with Gasteiger partial charge in [0.1, 0.15) is 6.54 Å². The number of sulfonamides is 1. The largest absolute Gasteiger partial charge is 0.368 e. The number of primary amides is 1. The van der Waals surface area contributed by atoms with Crippen LogP contribution in [0.5, 0.6) is 0 Å². The van der Waals surface area contributed by atoms with Gasteiger partial charge in [-0.3, -0.25) is 9.10 Å². The summed E-state index contributed by atoms with van der Waals surface area (Å²) >= 11 is 0. The van der Waals surface area contributed by atoms with Crippen molar-refractivity contribution in [1.29, 1.82) is 0 Å². The van der Waals surface area contributed by atoms with Gasteiger partial charge in [-0.25, -0.2) is 8.42 Å². The fraction of sp³-hybridized carbons (Fsp3) is 0.0556. The van der Waals surface area contributed by atoms with E-state index in [1.165, 1.54) is 12.1 Å². The molecule has 0 aliphatic carbocycles. The van der Waals surface area contributed by atoms with Crippen LogP contribution in [-0.2, 0) is 14.8 Å². The summed E-state index contributed by atoms with van der Waals surface area (Å²) in [6.45, 7) is -0.421. The fourth-order valence-electron chi connectivity index (χ4n) is 2.51. The summed E-state index contributed by atoms with van der Waals surface area (Å²) in [5, 5.41) is 1.87. The van der Waals surface area contributed by atoms with E-state index in [1.807, 2.05) is 30.3 Å². The molecule has 0 unspecified atom stereocenters. The Kier molecular flexibility index (Phi) is 4.22. The Morgan fingerprint density at radius 3 is 2.17 bits per heavy atom. The van der Waals surface area contributed by atoms with Crippen molar-refractivity contribution in [1.82, 2.24) is 0 Å². The molecular formula is C18H16N2O3S. The van der Waals surface area contributed by atoms with E-state index in [1.54, 1.807) is 30.3 Å². The number of rotatable bonds is 5. The SMILES string of the molecule is NC(=O)CN(c1ccc2ccccc2c1)S(=O)(=O)c1ccccc1. The number of fused-ring (bicyclic) bond motifs is 1. The summed E-state index contributed by atoms with van der Waals surface area (Å²) in [6.07, 6.45) is 0. The number of carbonyl (C=O) groups is 1. The van der Waals surface area contributed by atoms with Crippen LogP contribution in [0.25, 0.3) is 10.8 Å². The highest BCUT2D eigenvalue weighted by atomic mass is 32.2. The Hall–Kier alpha value is -2.86. The van der Waals surface area contributed by atoms with Crippen LogP contribution in [0.2, 0.25) is 0 Å². The minimum Gasteiger partial charge on any atom is -0.368 e. The fourth-order valence-corrected chi connectivity index (χ4v) is 3.95. The van der Waals surface area contributed by atoms with Crippen LogP contribution in [-0.4, -0.2) is 20.9 Å². The van der Waals surface area contributed by atoms with Gasteiger partial charge in [0.2, 0.25) is 5.91 Å². The van der Waals surface area contributed by atoms with Gasteiger partial charge in [-0.2, -0.15) is 0 Å². The number of nitrogens with two attached hydrogens (primary N) is 1. The average molecular weight is 340 g/mol. The van der Waals surface area contributed by atoms with Gasteiger partial charge in [0, 0.05) is 0 Å². The number of nitrogens with zero attached hydrogens (tertiary/aromatic N) is 1. The van der Waals surface area contributed by atoms with Gasteiger partial charge in [0.05, 0.1) is 10.6 Å². The molecule has 0 aliphatic rings. The van der Waals surface area contributed by atoms with Crippen LogP contribution in [0.3, 0.4) is 0 Å². The quantitative estimate of drug-likeness (QED) is 0.775. The first-order valence-electron chi connectivity index (χ1n) is 7.33. The third-order valence-electron chi connectivity index (χ3n) is 3.65. The monoisotopic (exact) mass is 340 g/mol. The molecule has 3 aromatic rings. The highest BCUT2D eigenvalue weighted by Gasteiger charge is 2.26. The minimum atomic E-state index is -3.89. The summed E-state index contributed by atoms with van der Waals surface area (Å²) in [5.74, 6) is -0.720. The second kappa shape index (κ2) is 6.33. The van der Waals surface area contributed by atoms with E-state index in [9.17, 15) is 13.2 Å². The summed E-state index contributed by atoms with van der Waals surface area (Å²) in [5.41, 5.74) is 5.67. The van der Waals surface area contributed by atoms with Crippen LogP contribution >= 0.6 is 0 Å². The highest BCUT2D eigenvalue weighted by Crippen LogP contribution is 2.27. The number of hydrogen-bond acceptors (Lipinski definition) is 3. The summed E-state index contributed by atoms with van der Waals surface area (Å²) in [4.78, 5) is 11.6. The smallest absolute Gasteiger partial charge is 0.264 e. The number of anilines is 1. The second-order valence-corrected chi connectivity index (χ2v) is 7.18. The van der Waals surface area contributed by atoms with E-state index in [-0.39, 0.29) is 4.90 Å². The first kappa shape index (κ1) is 16.0. The van der Waals surface area contributed by atoms with Crippen LogP contribution in [0.4, 0.5) is 5.69 Å². The molecule has 3 rings (SSSR count). The molecule has 0 fully saturated rings. The number of hydrogen-bond donors (Lipinski definition) is 1. The topological polar surface area (TPSA) is 80.5 Å². The maximum atomic E-state index is 12.9. The van der Waals surface area contributed by atoms with Crippen molar-refractivity contribution in [3.05, 3.63) is 72.8 Å². The summed E-state index contributed by atoms with van der Waals surface area (Å²) < 4.78 is 26.9. The zero-order valence-electron chi connectivity index (χ0n) is 12.8. The van der Waals surface area contributed by atoms with Crippen LogP contribution in [0.1, 0.15) is 0 Å². The second-order valence-electron chi connectivity index (χ2n) is 5.32. The molecule has 3 aromatic carbocycles. The molecule has 2 N–H and O–H groups in total. The first-order chi connectivity index (χ1) is 11.5. The molecular weight excluding hydrogens is 324 g/mol. The van der Waals surface area contributed by atoms with Crippen LogP contribution in [0.15, 0.2) is 77.7 Å². The molecule has 0 saturated heterocycles. The molecule has 0 heterocycles. The van der Waals surface area contributed by atoms with Crippen molar-refractivity contribution in [3.63, 3.8) is 0 Å². The van der Waals surface area contributed by atoms with Gasteiger partial charge in [0.15, 0.2) is 0 Å². The lowest BCUT2D eigenvalue weighted by molar-refractivity contribution is -0.116. The van der Waals surface area contributed by atoms with Crippen molar-refractivity contribution in [2.24, 2.45) is 5.73 Å². The molecule has 0 saturated carbocycles. The Balaban J connectivity index is 2.13. The predicted molar refractivity (Wildman–Crippen MR) is 94.1 cm³/mol. The van der Waals surface area contributed by atoms with Gasteiger partial charge < -0.3 is 5.73 Å². The van der Waals surface area contributed by atoms with Gasteiger partial charge >= 0.3 is 0 Å². The lowest BCUT2D eigenvalue weighted by Gasteiger charge is -2.23. The van der Waals surface area contributed by atoms with E-state index in [4.69, 9.17) is 5.73 Å². The maximum absolute atomic E-state index is 12.9. The standard InChI is InChI=1S/C18H16N2O3S/c19-18(21)13-20(24(22,23)17-8-2-1-3-9-17)16-11-10-14-6-4-5-7-15(14)12-16/h1-12H,13H2,(H2,19,21). The minimum absolute atomic E-state index is 0.111. The molecule has 0 atom stereocenters. The van der Waals surface area contributed by atoms with Crippen LogP contribution in [0, 0.1) is 0 Å². The van der Waals surface area contributed by atoms with E-state index < -0.39 is 22.5 Å². The van der Waals surface area contributed by atoms with E-state index in [2.05, 4.69) is 0 Å². The van der Waals surface area contributed by atoms with Crippen molar-refractivity contribution in [2.75, 3.05) is 10.8 Å². The zero-order valence-corrected chi connectivity index (χ0v) is 13.6. The Morgan fingerprint density at radius 1 is 0.875 bits per heavy atom. The molecule has 0 bridgehead atoms. The van der Waals surface area contributed by atoms with E-state index in [0.29, 0.717) is 5.69 Å². The van der Waals surface area contributed by atoms with Crippen molar-refractivity contribution in [2.45, 2.75) is 4.90 Å². The van der Waals surface area contributed by atoms with Gasteiger partial charge in [-0.05, 0) is 35.0 Å². The third-order valence-corrected chi connectivity index (χ3v) is 5.44. The summed E-state index contributed by atoms with van der Waals surface area (Å²) in [6, 6.07) is 20.8. The van der Waals surface area contributed by atoms with Gasteiger partial charge in [-0.1, -0.05) is 48.5 Å². The molecule has 24 heavy (non-hydrogen) atoms. The molecule has 0 radical (unpaired) electrons. The number of amides is 1. The molecule has 122 valence electrons. The van der Waals surface area contributed by atoms with Gasteiger partial charge in [0.25, 0.3) is 10.0 Å². The lowest BCUT2D eigenvalue weighted by Crippen LogP contribution is -2.38. The molecule has 0 spiro atoms. The van der Waals surface area contributed by atoms with E-state index >= 15 is 0 Å². The van der Waals surface area contributed by atoms with Crippen LogP contribution < -0.4 is 10.0 Å². The van der Waals surface area contributed by atoms with Crippen molar-refractivity contribution >= 4 is 32.4 Å². The van der Waals surface area contributed by atoms with Gasteiger partial charge in [-0.15, -0.1) is 0 Å². The average Bonchev–Trinajstić information content (AvgIpc) is 2.60. The summed E-state index contributed by atoms with van der Waals surface area (Å²) in [7, 11) is -3.89. The Morgan fingerprint density at radius 2 is 1.50 bits per heavy atom. The van der Waals surface area contributed by atoms with E-state index in [0.717, 1.165) is 15.1 Å². The predicted octanol–water partition coefficient (Wildman–Crippen LogP) is 2.52. The molecule has 6 heteroatoms. The molecule has 1 amide bonds. The number of benzene rings is 3. The Labute approximate surface area is 140 Å². The first-order valence-corrected chi connectivity index (χ1v) is 8.77. The third kappa shape index (κ3) is 3.09. The van der Waals surface area contributed by atoms with Crippen molar-refractivity contribution in [3.8, 4) is 0 Å². The molecule has 5 nitrogen and oxygen atoms in total. The maximum Gasteiger partial charge on any atom is 0.264 e. The zero-order chi connectivity index (χ0) is 17.2. The highest BCUT2D eigenvalue weighted by molar-refractivity contribution is 7.92.